The first-order chi connectivity index (χ1) is 13.3. The summed E-state index contributed by atoms with van der Waals surface area (Å²) in [4.78, 5) is 4.30. The number of fused-ring (bicyclic) bond motifs is 1. The molecule has 4 aromatic rings. The van der Waals surface area contributed by atoms with Crippen LogP contribution in [0, 0.1) is 0 Å². The molecular formula is C20H14BrN5O. The summed E-state index contributed by atoms with van der Waals surface area (Å²) in [6.45, 7) is 0. The number of nitrogens with one attached hydrogen (secondary N) is 1. The SMILES string of the molecule is Brc1ccc(N/N=C(\N=Nc2nc3ccccc3o2)c2ccccc2)cc1. The largest absolute Gasteiger partial charge is 0.421 e. The number of nitrogens with zero attached hydrogens (tertiary/aromatic N) is 4. The quantitative estimate of drug-likeness (QED) is 0.186. The van der Waals surface area contributed by atoms with Crippen LogP contribution in [0.1, 0.15) is 5.56 Å². The number of azo groups is 1. The minimum Gasteiger partial charge on any atom is -0.421 e. The third-order valence-corrected chi connectivity index (χ3v) is 4.21. The molecule has 0 unspecified atom stereocenters. The average Bonchev–Trinajstić information content (AvgIpc) is 3.13. The molecule has 1 aromatic heterocycles. The summed E-state index contributed by atoms with van der Waals surface area (Å²) < 4.78 is 6.57. The van der Waals surface area contributed by atoms with Crippen LogP contribution in [0.3, 0.4) is 0 Å². The van der Waals surface area contributed by atoms with Crippen LogP contribution in [0.4, 0.5) is 11.7 Å². The highest BCUT2D eigenvalue weighted by Gasteiger charge is 2.06. The lowest BCUT2D eigenvalue weighted by Crippen LogP contribution is -2.01. The summed E-state index contributed by atoms with van der Waals surface area (Å²) in [5.41, 5.74) is 6.05. The van der Waals surface area contributed by atoms with E-state index in [1.165, 1.54) is 0 Å². The molecule has 1 heterocycles. The Morgan fingerprint density at radius 2 is 1.63 bits per heavy atom. The monoisotopic (exact) mass is 419 g/mol. The zero-order valence-electron chi connectivity index (χ0n) is 14.1. The van der Waals surface area contributed by atoms with Gasteiger partial charge in [-0.2, -0.15) is 10.1 Å². The van der Waals surface area contributed by atoms with Crippen molar-refractivity contribution in [2.24, 2.45) is 15.3 Å². The summed E-state index contributed by atoms with van der Waals surface area (Å²) in [5, 5.41) is 12.7. The molecule has 0 aliphatic heterocycles. The number of para-hydroxylation sites is 2. The molecule has 0 radical (unpaired) electrons. The van der Waals surface area contributed by atoms with Crippen molar-refractivity contribution in [2.75, 3.05) is 5.43 Å². The predicted octanol–water partition coefficient (Wildman–Crippen LogP) is 6.15. The van der Waals surface area contributed by atoms with Gasteiger partial charge in [-0.1, -0.05) is 63.5 Å². The lowest BCUT2D eigenvalue weighted by molar-refractivity contribution is 0.607. The Hall–Kier alpha value is -3.32. The molecule has 3 aromatic carbocycles. The molecule has 4 rings (SSSR count). The molecule has 6 nitrogen and oxygen atoms in total. The second-order valence-electron chi connectivity index (χ2n) is 5.58. The van der Waals surface area contributed by atoms with E-state index < -0.39 is 0 Å². The molecule has 0 saturated heterocycles. The number of hydrogen-bond donors (Lipinski definition) is 1. The van der Waals surface area contributed by atoms with E-state index in [-0.39, 0.29) is 6.01 Å². The van der Waals surface area contributed by atoms with Gasteiger partial charge in [0.2, 0.25) is 5.84 Å². The van der Waals surface area contributed by atoms with Gasteiger partial charge >= 0.3 is 6.01 Å². The van der Waals surface area contributed by atoms with Crippen molar-refractivity contribution in [1.29, 1.82) is 0 Å². The number of hydrogen-bond acceptors (Lipinski definition) is 5. The first kappa shape index (κ1) is 17.1. The zero-order valence-corrected chi connectivity index (χ0v) is 15.7. The number of anilines is 1. The lowest BCUT2D eigenvalue weighted by atomic mass is 10.2. The van der Waals surface area contributed by atoms with Gasteiger partial charge in [0.05, 0.1) is 5.69 Å². The van der Waals surface area contributed by atoms with E-state index in [0.717, 1.165) is 21.2 Å². The molecule has 7 heteroatoms. The number of amidine groups is 1. The van der Waals surface area contributed by atoms with E-state index in [4.69, 9.17) is 4.42 Å². The van der Waals surface area contributed by atoms with E-state index in [1.807, 2.05) is 78.9 Å². The average molecular weight is 420 g/mol. The highest BCUT2D eigenvalue weighted by Crippen LogP contribution is 2.21. The third kappa shape index (κ3) is 4.27. The van der Waals surface area contributed by atoms with Crippen LogP contribution in [0.5, 0.6) is 0 Å². The number of aromatic nitrogens is 1. The first-order valence-electron chi connectivity index (χ1n) is 8.20. The lowest BCUT2D eigenvalue weighted by Gasteiger charge is -2.03. The predicted molar refractivity (Wildman–Crippen MR) is 109 cm³/mol. The van der Waals surface area contributed by atoms with Gasteiger partial charge in [0, 0.05) is 10.0 Å². The summed E-state index contributed by atoms with van der Waals surface area (Å²) in [6.07, 6.45) is 0. The van der Waals surface area contributed by atoms with Crippen LogP contribution in [0.15, 0.2) is 103 Å². The second-order valence-corrected chi connectivity index (χ2v) is 6.50. The minimum absolute atomic E-state index is 0.184. The molecule has 1 N–H and O–H groups in total. The van der Waals surface area contributed by atoms with Gasteiger partial charge in [0.15, 0.2) is 5.58 Å². The summed E-state index contributed by atoms with van der Waals surface area (Å²) in [5.74, 6) is 0.417. The second kappa shape index (κ2) is 7.92. The number of oxazole rings is 1. The van der Waals surface area contributed by atoms with E-state index in [1.54, 1.807) is 0 Å². The summed E-state index contributed by atoms with van der Waals surface area (Å²) in [6, 6.07) is 24.9. The van der Waals surface area contributed by atoms with E-state index >= 15 is 0 Å². The van der Waals surface area contributed by atoms with E-state index in [2.05, 4.69) is 41.7 Å². The molecule has 0 atom stereocenters. The van der Waals surface area contributed by atoms with Crippen molar-refractivity contribution in [3.63, 3.8) is 0 Å². The first-order valence-corrected chi connectivity index (χ1v) is 8.99. The van der Waals surface area contributed by atoms with Gasteiger partial charge < -0.3 is 4.42 Å². The Morgan fingerprint density at radius 1 is 0.889 bits per heavy atom. The number of halogens is 1. The molecule has 0 aliphatic rings. The highest BCUT2D eigenvalue weighted by atomic mass is 79.9. The maximum absolute atomic E-state index is 5.58. The summed E-state index contributed by atoms with van der Waals surface area (Å²) in [7, 11) is 0. The highest BCUT2D eigenvalue weighted by molar-refractivity contribution is 9.10. The van der Waals surface area contributed by atoms with Crippen LogP contribution in [0.2, 0.25) is 0 Å². The molecular weight excluding hydrogens is 406 g/mol. The van der Waals surface area contributed by atoms with Crippen LogP contribution >= 0.6 is 15.9 Å². The Labute approximate surface area is 163 Å². The van der Waals surface area contributed by atoms with Gasteiger partial charge in [-0.3, -0.25) is 5.43 Å². The summed E-state index contributed by atoms with van der Waals surface area (Å²) >= 11 is 3.41. The molecule has 0 amide bonds. The molecule has 27 heavy (non-hydrogen) atoms. The minimum atomic E-state index is 0.184. The van der Waals surface area contributed by atoms with Crippen LogP contribution in [-0.4, -0.2) is 10.8 Å². The van der Waals surface area contributed by atoms with Crippen molar-refractivity contribution >= 4 is 44.6 Å². The van der Waals surface area contributed by atoms with Crippen molar-refractivity contribution in [3.8, 4) is 0 Å². The van der Waals surface area contributed by atoms with Crippen molar-refractivity contribution in [2.45, 2.75) is 0 Å². The zero-order chi connectivity index (χ0) is 18.5. The van der Waals surface area contributed by atoms with E-state index in [0.29, 0.717) is 11.4 Å². The van der Waals surface area contributed by atoms with Gasteiger partial charge in [-0.25, -0.2) is 0 Å². The van der Waals surface area contributed by atoms with E-state index in [9.17, 15) is 0 Å². The maximum atomic E-state index is 5.58. The Kier molecular flexibility index (Phi) is 5.02. The third-order valence-electron chi connectivity index (χ3n) is 3.68. The molecule has 0 saturated carbocycles. The Morgan fingerprint density at radius 3 is 2.41 bits per heavy atom. The van der Waals surface area contributed by atoms with Gasteiger partial charge in [-0.05, 0) is 36.4 Å². The molecule has 0 spiro atoms. The fourth-order valence-corrected chi connectivity index (χ4v) is 2.63. The number of rotatable bonds is 4. The Balaban J connectivity index is 1.63. The normalized spacial score (nSPS) is 12.0. The van der Waals surface area contributed by atoms with Crippen LogP contribution < -0.4 is 5.43 Å². The Bertz CT molecular complexity index is 1070. The molecule has 0 aliphatic carbocycles. The van der Waals surface area contributed by atoms with Gasteiger partial charge in [-0.15, -0.1) is 5.11 Å². The molecule has 0 bridgehead atoms. The van der Waals surface area contributed by atoms with Crippen LogP contribution in [-0.2, 0) is 0 Å². The maximum Gasteiger partial charge on any atom is 0.342 e. The van der Waals surface area contributed by atoms with Crippen LogP contribution in [0.25, 0.3) is 11.1 Å². The van der Waals surface area contributed by atoms with Crippen molar-refractivity contribution in [3.05, 3.63) is 88.9 Å². The fourth-order valence-electron chi connectivity index (χ4n) is 2.37. The number of benzene rings is 3. The smallest absolute Gasteiger partial charge is 0.342 e. The van der Waals surface area contributed by atoms with Crippen molar-refractivity contribution < 1.29 is 4.42 Å². The number of hydrazone groups is 1. The van der Waals surface area contributed by atoms with Gasteiger partial charge in [0.25, 0.3) is 0 Å². The van der Waals surface area contributed by atoms with Gasteiger partial charge in [0.1, 0.15) is 5.52 Å². The standard InChI is InChI=1S/C20H14BrN5O/c21-15-10-12-16(13-11-15)23-24-19(14-6-2-1-3-7-14)25-26-20-22-17-8-4-5-9-18(17)27-20/h1-13,23H/b24-19-,26-25?. The molecule has 0 fully saturated rings. The fraction of sp³-hybridized carbons (Fsp3) is 0. The topological polar surface area (TPSA) is 75.1 Å². The van der Waals surface area contributed by atoms with Crippen molar-refractivity contribution in [1.82, 2.24) is 4.98 Å². The molecule has 132 valence electrons.